The van der Waals surface area contributed by atoms with Crippen molar-refractivity contribution >= 4 is 47.0 Å². The molecule has 382 valence electrons. The molecule has 23 nitrogen and oxygen atoms in total. The molecule has 0 aromatic carbocycles. The topological polar surface area (TPSA) is 275 Å². The summed E-state index contributed by atoms with van der Waals surface area (Å²) in [5.41, 5.74) is 2.66. The maximum absolute atomic E-state index is 15.8. The van der Waals surface area contributed by atoms with Crippen LogP contribution in [0.2, 0.25) is 0 Å². The van der Waals surface area contributed by atoms with Gasteiger partial charge in [0.2, 0.25) is 11.6 Å². The Balaban J connectivity index is 1.00. The van der Waals surface area contributed by atoms with Crippen LogP contribution in [0, 0.1) is 11.3 Å². The Kier molecular flexibility index (Phi) is 13.3. The van der Waals surface area contributed by atoms with Gasteiger partial charge < -0.3 is 40.0 Å². The van der Waals surface area contributed by atoms with E-state index in [9.17, 15) is 28.7 Å². The fraction of sp³-hybridized carbons (Fsp3) is 0.533. The number of anilines is 4. The number of amides is 2. The summed E-state index contributed by atoms with van der Waals surface area (Å²) in [6, 6.07) is 5.29. The van der Waals surface area contributed by atoms with Gasteiger partial charge in [-0.15, -0.1) is 4.68 Å². The van der Waals surface area contributed by atoms with Gasteiger partial charge in [0.25, 0.3) is 0 Å². The molecule has 0 radical (unpaired) electrons. The highest BCUT2D eigenvalue weighted by atomic mass is 19.3. The number of aliphatic hydroxyl groups is 1. The first-order valence-corrected chi connectivity index (χ1v) is 23.6. The number of rotatable bonds is 18. The van der Waals surface area contributed by atoms with E-state index >= 15 is 8.78 Å². The van der Waals surface area contributed by atoms with Gasteiger partial charge in [-0.05, 0) is 59.3 Å². The number of alkyl carbamates (subject to hydrolysis) is 2. The van der Waals surface area contributed by atoms with Crippen LogP contribution in [0.3, 0.4) is 0 Å². The zero-order valence-corrected chi connectivity index (χ0v) is 39.3. The van der Waals surface area contributed by atoms with Crippen LogP contribution >= 0.6 is 0 Å². The largest absolute Gasteiger partial charge is 0.443 e. The van der Waals surface area contributed by atoms with E-state index in [0.717, 1.165) is 12.8 Å². The third-order valence-corrected chi connectivity index (χ3v) is 13.1. The van der Waals surface area contributed by atoms with Gasteiger partial charge in [-0.1, -0.05) is 0 Å². The molecule has 0 bridgehead atoms. The minimum Gasteiger partial charge on any atom is -0.443 e. The van der Waals surface area contributed by atoms with E-state index < -0.39 is 61.5 Å². The summed E-state index contributed by atoms with van der Waals surface area (Å²) in [6.45, 7) is 2.90. The maximum Gasteiger partial charge on any atom is 0.407 e. The van der Waals surface area contributed by atoms with Crippen molar-refractivity contribution in [1.82, 2.24) is 59.6 Å². The number of likely N-dealkylation sites (tertiary alicyclic amines) is 1. The van der Waals surface area contributed by atoms with Crippen molar-refractivity contribution in [3.05, 3.63) is 65.3 Å². The Bertz CT molecular complexity index is 3000. The van der Waals surface area contributed by atoms with Crippen LogP contribution < -0.4 is 25.9 Å². The fourth-order valence-electron chi connectivity index (χ4n) is 9.20. The van der Waals surface area contributed by atoms with Gasteiger partial charge in [0.1, 0.15) is 30.0 Å². The number of H-pyrrole nitrogens is 2. The molecule has 2 saturated heterocycles. The van der Waals surface area contributed by atoms with Crippen molar-refractivity contribution in [3.63, 3.8) is 0 Å². The lowest BCUT2D eigenvalue weighted by molar-refractivity contribution is -0.640. The summed E-state index contributed by atoms with van der Waals surface area (Å²) in [5, 5.41) is 42.3. The molecule has 8 heterocycles. The number of nitrogens with zero attached hydrogens (tertiary/aromatic N) is 10. The Hall–Kier alpha value is -7.15. The van der Waals surface area contributed by atoms with E-state index in [-0.39, 0.29) is 92.7 Å². The molecule has 27 heteroatoms. The van der Waals surface area contributed by atoms with Crippen LogP contribution in [0.25, 0.3) is 17.0 Å². The minimum atomic E-state index is -2.91. The van der Waals surface area contributed by atoms with Crippen molar-refractivity contribution in [3.8, 4) is 11.8 Å². The normalized spacial score (nSPS) is 22.9. The quantitative estimate of drug-likeness (QED) is 0.0459. The summed E-state index contributed by atoms with van der Waals surface area (Å²) in [5.74, 6) is 0.592. The van der Waals surface area contributed by atoms with Gasteiger partial charge in [0.15, 0.2) is 29.4 Å². The molecule has 2 saturated carbocycles. The Morgan fingerprint density at radius 2 is 1.85 bits per heavy atom. The van der Waals surface area contributed by atoms with Crippen molar-refractivity contribution in [1.29, 1.82) is 5.26 Å². The molecular formula is C45H53F4N16O7+. The Morgan fingerprint density at radius 1 is 1.04 bits per heavy atom. The molecule has 0 unspecified atom stereocenters. The molecule has 6 aromatic rings. The molecule has 0 spiro atoms. The highest BCUT2D eigenvalue weighted by Gasteiger charge is 2.44. The summed E-state index contributed by atoms with van der Waals surface area (Å²) in [7, 11) is 0. The third kappa shape index (κ3) is 10.2. The lowest BCUT2D eigenvalue weighted by atomic mass is 10.0. The summed E-state index contributed by atoms with van der Waals surface area (Å²) < 4.78 is 83.6. The predicted octanol–water partition coefficient (Wildman–Crippen LogP) is 4.58. The van der Waals surface area contributed by atoms with Crippen LogP contribution in [-0.4, -0.2) is 141 Å². The molecule has 10 rings (SSSR count). The average molecular weight is 1010 g/mol. The first-order chi connectivity index (χ1) is 34.6. The molecule has 6 aromatic heterocycles. The lowest BCUT2D eigenvalue weighted by Crippen LogP contribution is -2.52. The summed E-state index contributed by atoms with van der Waals surface area (Å²) in [6.07, 6.45) is 0.245. The van der Waals surface area contributed by atoms with Gasteiger partial charge in [-0.25, -0.2) is 48.1 Å². The van der Waals surface area contributed by atoms with E-state index in [2.05, 4.69) is 52.4 Å². The second-order valence-electron chi connectivity index (χ2n) is 19.1. The van der Waals surface area contributed by atoms with Crippen LogP contribution in [0.4, 0.5) is 50.7 Å². The number of nitriles is 1. The van der Waals surface area contributed by atoms with Crippen molar-refractivity contribution < 1.29 is 55.9 Å². The Labute approximate surface area is 407 Å². The number of alkyl halides is 4. The number of ether oxygens (including phenoxy) is 4. The van der Waals surface area contributed by atoms with Gasteiger partial charge in [0.05, 0.1) is 47.7 Å². The SMILES string of the molecule is CC(C)NC(=O)O[C@H]1CO[C@@H](c2cc(Nc3ncc(-[n+]4[nH]c([C@H]5C[C@@H](F)[C@@H](OC(=O)NC6(C)CC6)C5)cc4Nc4nc(CCCO)c(C#N)c5nccn45)c4nc(CN5CC(OC(F)F)C5)cn34)n[nH]2)[C@H]1F. The number of carbonyl (C=O) groups is 2. The number of hydrogen-bond donors (Lipinski definition) is 7. The molecule has 4 aliphatic rings. The molecule has 7 N–H and O–H groups in total. The van der Waals surface area contributed by atoms with Crippen LogP contribution in [-0.2, 0) is 31.9 Å². The van der Waals surface area contributed by atoms with Crippen LogP contribution in [0.5, 0.6) is 0 Å². The number of nitrogens with one attached hydrogen (secondary N) is 6. The number of imidazole rings is 2. The monoisotopic (exact) mass is 1010 g/mol. The fourth-order valence-corrected chi connectivity index (χ4v) is 9.20. The van der Waals surface area contributed by atoms with E-state index in [4.69, 9.17) is 29.2 Å². The average Bonchev–Trinajstić information content (AvgIpc) is 4.05. The number of fused-ring (bicyclic) bond motifs is 2. The second kappa shape index (κ2) is 19.8. The van der Waals surface area contributed by atoms with Crippen molar-refractivity contribution in [2.75, 3.05) is 36.9 Å². The highest BCUT2D eigenvalue weighted by molar-refractivity contribution is 5.69. The molecule has 4 fully saturated rings. The number of aromatic amines is 2. The van der Waals surface area contributed by atoms with Gasteiger partial charge >= 0.3 is 30.6 Å². The summed E-state index contributed by atoms with van der Waals surface area (Å²) >= 11 is 0. The summed E-state index contributed by atoms with van der Waals surface area (Å²) in [4.78, 5) is 46.0. The minimum absolute atomic E-state index is 0.0271. The third-order valence-electron chi connectivity index (χ3n) is 13.1. The van der Waals surface area contributed by atoms with E-state index in [1.165, 1.54) is 18.5 Å². The van der Waals surface area contributed by atoms with E-state index in [0.29, 0.717) is 46.3 Å². The zero-order chi connectivity index (χ0) is 50.4. The number of carbonyl (C=O) groups excluding carboxylic acids is 2. The predicted molar refractivity (Wildman–Crippen MR) is 243 cm³/mol. The first-order valence-electron chi connectivity index (χ1n) is 23.6. The number of aryl methyl sites for hydroxylation is 1. The van der Waals surface area contributed by atoms with Crippen molar-refractivity contribution in [2.45, 2.75) is 127 Å². The molecule has 2 amide bonds. The molecule has 6 atom stereocenters. The molecule has 72 heavy (non-hydrogen) atoms. The van der Waals surface area contributed by atoms with Crippen LogP contribution in [0.1, 0.15) is 93.2 Å². The van der Waals surface area contributed by atoms with Crippen molar-refractivity contribution in [2.24, 2.45) is 0 Å². The smallest absolute Gasteiger partial charge is 0.407 e. The maximum atomic E-state index is 15.8. The standard InChI is InChI=1S/C45H52F4N16O7/c1-22(2)53-43(67)72-33-21-69-37(36(33)47)30-13-34(60-59-30)56-41-52-16-31(39-54-24(18-64(39)41)17-62-19-25(20-62)70-40(48)49)65-35(57-42-55-28(5-4-10-66)26(15-50)38-51-8-9-63(38)42)14-29(61-65)23-11-27(46)32(12-23)71-44(68)58-45(3)6-7-45/h8-9,13-14,16,18,22-23,25,27,32-33,36-37,40,66H,4-7,10-12,17,19-21H2,1-3H3,(H5,51,52,53,54,55,56,57,58,59,60,61,67,68)/p+1/t23-,27+,32-,33-,36-,37-/m0/s1. The Morgan fingerprint density at radius 3 is 2.60 bits per heavy atom. The number of aliphatic hydroxyl groups excluding tert-OH is 1. The van der Waals surface area contributed by atoms with E-state index in [1.807, 2.05) is 11.8 Å². The van der Waals surface area contributed by atoms with E-state index in [1.54, 1.807) is 45.8 Å². The highest BCUT2D eigenvalue weighted by Crippen LogP contribution is 2.40. The number of aromatic nitrogens is 10. The lowest BCUT2D eigenvalue weighted by Gasteiger charge is -2.37. The molecule has 2 aliphatic carbocycles. The number of halogens is 4. The van der Waals surface area contributed by atoms with Gasteiger partial charge in [0, 0.05) is 68.4 Å². The second-order valence-corrected chi connectivity index (χ2v) is 19.1. The van der Waals surface area contributed by atoms with Gasteiger partial charge in [-0.2, -0.15) is 24.1 Å². The molecule has 2 aliphatic heterocycles. The van der Waals surface area contributed by atoms with Gasteiger partial charge in [-0.3, -0.25) is 14.4 Å². The molecular weight excluding hydrogens is 953 g/mol. The zero-order valence-electron chi connectivity index (χ0n) is 39.3. The van der Waals surface area contributed by atoms with Crippen LogP contribution in [0.15, 0.2) is 36.9 Å². The number of hydrogen-bond acceptors (Lipinski definition) is 16. The first kappa shape index (κ1) is 48.5.